The number of rotatable bonds is 10. The Morgan fingerprint density at radius 2 is 1.70 bits per heavy atom. The number of anilines is 1. The van der Waals surface area contributed by atoms with E-state index in [1.807, 2.05) is 6.07 Å². The van der Waals surface area contributed by atoms with Crippen LogP contribution in [0.25, 0.3) is 0 Å². The Kier molecular flexibility index (Phi) is 7.38. The molecular weight excluding hydrogens is 344 g/mol. The summed E-state index contributed by atoms with van der Waals surface area (Å²) in [5.74, 6) is 1.26. The lowest BCUT2D eigenvalue weighted by molar-refractivity contribution is -0.123. The second-order valence-electron chi connectivity index (χ2n) is 7.25. The van der Waals surface area contributed by atoms with Crippen molar-refractivity contribution < 1.29 is 9.59 Å². The summed E-state index contributed by atoms with van der Waals surface area (Å²) in [6.45, 7) is 6.14. The smallest absolute Gasteiger partial charge is 0.225 e. The topological polar surface area (TPSA) is 90.5 Å². The minimum absolute atomic E-state index is 0.0710. The second-order valence-corrected chi connectivity index (χ2v) is 7.25. The molecule has 2 N–H and O–H groups in total. The molecule has 8 nitrogen and oxygen atoms in total. The first-order chi connectivity index (χ1) is 13.2. The van der Waals surface area contributed by atoms with Crippen molar-refractivity contribution in [1.29, 1.82) is 0 Å². The fourth-order valence-electron chi connectivity index (χ4n) is 3.20. The fourth-order valence-corrected chi connectivity index (χ4v) is 3.20. The van der Waals surface area contributed by atoms with E-state index >= 15 is 0 Å². The fraction of sp³-hybridized carbons (Fsp3) is 0.684. The largest absolute Gasteiger partial charge is 0.356 e. The number of hydrogen-bond donors (Lipinski definition) is 2. The molecule has 0 atom stereocenters. The number of piperazine rings is 1. The predicted octanol–water partition coefficient (Wildman–Crippen LogP) is 0.411. The van der Waals surface area contributed by atoms with E-state index < -0.39 is 0 Å². The number of carbonyl (C=O) groups is 2. The van der Waals surface area contributed by atoms with E-state index in [0.29, 0.717) is 25.9 Å². The highest BCUT2D eigenvalue weighted by atomic mass is 16.2. The monoisotopic (exact) mass is 374 g/mol. The summed E-state index contributed by atoms with van der Waals surface area (Å²) in [7, 11) is 0. The highest BCUT2D eigenvalue weighted by Crippen LogP contribution is 2.28. The lowest BCUT2D eigenvalue weighted by Gasteiger charge is -2.34. The maximum Gasteiger partial charge on any atom is 0.225 e. The molecule has 2 amide bonds. The summed E-state index contributed by atoms with van der Waals surface area (Å²) in [5, 5.41) is 5.86. The molecular formula is C19H30N6O2. The minimum Gasteiger partial charge on any atom is -0.356 e. The zero-order valence-electron chi connectivity index (χ0n) is 15.9. The van der Waals surface area contributed by atoms with Gasteiger partial charge in [0.15, 0.2) is 0 Å². The summed E-state index contributed by atoms with van der Waals surface area (Å²) in [5.41, 5.74) is 0. The molecule has 1 aliphatic carbocycles. The molecule has 27 heavy (non-hydrogen) atoms. The first-order valence-corrected chi connectivity index (χ1v) is 10.0. The lowest BCUT2D eigenvalue weighted by atomic mass is 10.2. The van der Waals surface area contributed by atoms with Gasteiger partial charge >= 0.3 is 0 Å². The van der Waals surface area contributed by atoms with Gasteiger partial charge in [-0.1, -0.05) is 0 Å². The van der Waals surface area contributed by atoms with Gasteiger partial charge in [-0.15, -0.1) is 0 Å². The lowest BCUT2D eigenvalue weighted by Crippen LogP contribution is -2.47. The molecule has 2 heterocycles. The van der Waals surface area contributed by atoms with E-state index in [4.69, 9.17) is 0 Å². The molecule has 0 radical (unpaired) electrons. The minimum atomic E-state index is 0.0710. The first kappa shape index (κ1) is 19.5. The summed E-state index contributed by atoms with van der Waals surface area (Å²) in [6.07, 6.45) is 7.71. The molecule has 148 valence electrons. The molecule has 3 rings (SSSR count). The standard InChI is InChI=1S/C19H30N6O2/c26-17(4-1-7-21-18(27)16-5-6-16)20-10-3-11-24-12-14-25(15-13-24)19-22-8-2-9-23-19/h2,8-9,16H,1,3-7,10-15H2,(H,20,26)(H,21,27). The van der Waals surface area contributed by atoms with Gasteiger partial charge in [-0.25, -0.2) is 9.97 Å². The van der Waals surface area contributed by atoms with Crippen molar-refractivity contribution in [3.8, 4) is 0 Å². The third-order valence-electron chi connectivity index (χ3n) is 5.01. The third kappa shape index (κ3) is 6.78. The van der Waals surface area contributed by atoms with Crippen molar-refractivity contribution in [3.63, 3.8) is 0 Å². The van der Waals surface area contributed by atoms with Gasteiger partial charge in [-0.2, -0.15) is 0 Å². The molecule has 0 spiro atoms. The number of nitrogens with zero attached hydrogens (tertiary/aromatic N) is 4. The Morgan fingerprint density at radius 1 is 1.00 bits per heavy atom. The van der Waals surface area contributed by atoms with E-state index in [-0.39, 0.29) is 17.7 Å². The van der Waals surface area contributed by atoms with Gasteiger partial charge in [-0.05, 0) is 38.3 Å². The van der Waals surface area contributed by atoms with E-state index in [2.05, 4.69) is 30.4 Å². The quantitative estimate of drug-likeness (QED) is 0.577. The van der Waals surface area contributed by atoms with Crippen LogP contribution in [0.1, 0.15) is 32.1 Å². The van der Waals surface area contributed by atoms with Gasteiger partial charge in [0.25, 0.3) is 0 Å². The van der Waals surface area contributed by atoms with E-state index in [9.17, 15) is 9.59 Å². The SMILES string of the molecule is O=C(CCCNC(=O)C1CC1)NCCCN1CCN(c2ncccn2)CC1. The molecule has 1 aliphatic heterocycles. The van der Waals surface area contributed by atoms with Gasteiger partial charge in [0.2, 0.25) is 17.8 Å². The number of hydrogen-bond acceptors (Lipinski definition) is 6. The van der Waals surface area contributed by atoms with Gasteiger partial charge in [0, 0.05) is 64.0 Å². The third-order valence-corrected chi connectivity index (χ3v) is 5.01. The Morgan fingerprint density at radius 3 is 2.41 bits per heavy atom. The van der Waals surface area contributed by atoms with Crippen LogP contribution in [0, 0.1) is 5.92 Å². The second kappa shape index (κ2) is 10.2. The zero-order chi connectivity index (χ0) is 18.9. The molecule has 2 aliphatic rings. The van der Waals surface area contributed by atoms with Crippen molar-refractivity contribution in [2.75, 3.05) is 50.7 Å². The number of nitrogens with one attached hydrogen (secondary N) is 2. The molecule has 0 unspecified atom stereocenters. The summed E-state index contributed by atoms with van der Waals surface area (Å²) in [6, 6.07) is 1.83. The van der Waals surface area contributed by atoms with Crippen LogP contribution in [0.3, 0.4) is 0 Å². The van der Waals surface area contributed by atoms with Crippen molar-refractivity contribution in [2.24, 2.45) is 5.92 Å². The molecule has 0 bridgehead atoms. The normalized spacial score (nSPS) is 17.6. The molecule has 0 aromatic carbocycles. The Bertz CT molecular complexity index is 599. The summed E-state index contributed by atoms with van der Waals surface area (Å²) < 4.78 is 0. The van der Waals surface area contributed by atoms with Crippen LogP contribution in [0.2, 0.25) is 0 Å². The van der Waals surface area contributed by atoms with Crippen LogP contribution in [0.4, 0.5) is 5.95 Å². The number of aromatic nitrogens is 2. The highest BCUT2D eigenvalue weighted by molar-refractivity contribution is 5.81. The number of amides is 2. The number of carbonyl (C=O) groups excluding carboxylic acids is 2. The first-order valence-electron chi connectivity index (χ1n) is 10.0. The zero-order valence-corrected chi connectivity index (χ0v) is 15.9. The molecule has 8 heteroatoms. The van der Waals surface area contributed by atoms with E-state index in [1.165, 1.54) is 0 Å². The highest BCUT2D eigenvalue weighted by Gasteiger charge is 2.29. The van der Waals surface area contributed by atoms with E-state index in [0.717, 1.165) is 57.9 Å². The van der Waals surface area contributed by atoms with Crippen LogP contribution < -0.4 is 15.5 Å². The molecule has 1 saturated carbocycles. The molecule has 1 aromatic rings. The van der Waals surface area contributed by atoms with Crippen LogP contribution >= 0.6 is 0 Å². The maximum atomic E-state index is 11.8. The Hall–Kier alpha value is -2.22. The average molecular weight is 374 g/mol. The van der Waals surface area contributed by atoms with Crippen molar-refractivity contribution in [1.82, 2.24) is 25.5 Å². The van der Waals surface area contributed by atoms with Crippen molar-refractivity contribution in [3.05, 3.63) is 18.5 Å². The average Bonchev–Trinajstić information content (AvgIpc) is 3.55. The van der Waals surface area contributed by atoms with Gasteiger partial charge in [-0.3, -0.25) is 14.5 Å². The van der Waals surface area contributed by atoms with Gasteiger partial charge in [0.05, 0.1) is 0 Å². The van der Waals surface area contributed by atoms with Crippen molar-refractivity contribution in [2.45, 2.75) is 32.1 Å². The van der Waals surface area contributed by atoms with Crippen molar-refractivity contribution >= 4 is 17.8 Å². The van der Waals surface area contributed by atoms with Gasteiger partial charge < -0.3 is 15.5 Å². The van der Waals surface area contributed by atoms with Crippen LogP contribution in [-0.4, -0.2) is 72.5 Å². The summed E-state index contributed by atoms with van der Waals surface area (Å²) in [4.78, 5) is 36.5. The Balaban J connectivity index is 1.18. The molecule has 1 aromatic heterocycles. The van der Waals surface area contributed by atoms with Crippen LogP contribution in [0.15, 0.2) is 18.5 Å². The molecule has 1 saturated heterocycles. The summed E-state index contributed by atoms with van der Waals surface area (Å²) >= 11 is 0. The molecule has 2 fully saturated rings. The van der Waals surface area contributed by atoms with Crippen LogP contribution in [-0.2, 0) is 9.59 Å². The van der Waals surface area contributed by atoms with Gasteiger partial charge in [0.1, 0.15) is 0 Å². The Labute approximate surface area is 160 Å². The predicted molar refractivity (Wildman–Crippen MR) is 103 cm³/mol. The maximum absolute atomic E-state index is 11.8. The van der Waals surface area contributed by atoms with E-state index in [1.54, 1.807) is 12.4 Å². The van der Waals surface area contributed by atoms with Crippen LogP contribution in [0.5, 0.6) is 0 Å².